The maximum absolute atomic E-state index is 10.8. The maximum Gasteiger partial charge on any atom is 0.175 e. The van der Waals surface area contributed by atoms with E-state index in [1.165, 1.54) is 32.7 Å². The van der Waals surface area contributed by atoms with Crippen LogP contribution in [-0.2, 0) is 27.1 Å². The average molecular weight is 515 g/mol. The zero-order valence-corrected chi connectivity index (χ0v) is 21.7. The summed E-state index contributed by atoms with van der Waals surface area (Å²) in [4.78, 5) is 0. The Hall–Kier alpha value is -2.84. The molecule has 5 unspecified atom stereocenters. The average Bonchev–Trinajstić information content (AvgIpc) is 2.95. The van der Waals surface area contributed by atoms with E-state index in [-0.39, 0.29) is 6.54 Å². The molecule has 6 nitrogen and oxygen atoms in total. The minimum Gasteiger partial charge on any atom is -0.388 e. The predicted molar refractivity (Wildman–Crippen MR) is 152 cm³/mol. The molecule has 5 N–H and O–H groups in total. The largest absolute Gasteiger partial charge is 0.388 e. The van der Waals surface area contributed by atoms with Gasteiger partial charge in [-0.05, 0) is 58.4 Å². The van der Waals surface area contributed by atoms with E-state index in [4.69, 9.17) is 25.7 Å². The van der Waals surface area contributed by atoms with Crippen molar-refractivity contribution in [2.75, 3.05) is 19.8 Å². The van der Waals surface area contributed by atoms with Crippen molar-refractivity contribution in [3.8, 4) is 0 Å². The third-order valence-electron chi connectivity index (χ3n) is 7.39. The first kappa shape index (κ1) is 26.8. The third-order valence-corrected chi connectivity index (χ3v) is 7.39. The zero-order valence-electron chi connectivity index (χ0n) is 21.7. The van der Waals surface area contributed by atoms with Gasteiger partial charge in [-0.3, -0.25) is 0 Å². The zero-order chi connectivity index (χ0) is 26.3. The number of aliphatic hydroxyl groups is 1. The lowest BCUT2D eigenvalue weighted by Crippen LogP contribution is -2.64. The van der Waals surface area contributed by atoms with Gasteiger partial charge in [0.15, 0.2) is 6.29 Å². The molecule has 0 amide bonds. The van der Waals surface area contributed by atoms with Crippen LogP contribution in [0.1, 0.15) is 24.0 Å². The molecule has 0 bridgehead atoms. The molecule has 5 atom stereocenters. The minimum absolute atomic E-state index is 0.168. The van der Waals surface area contributed by atoms with Crippen LogP contribution in [0.15, 0.2) is 84.9 Å². The summed E-state index contributed by atoms with van der Waals surface area (Å²) < 4.78 is 18.1. The van der Waals surface area contributed by atoms with Gasteiger partial charge < -0.3 is 30.8 Å². The van der Waals surface area contributed by atoms with Gasteiger partial charge in [0.05, 0.1) is 12.6 Å². The number of aryl methyl sites for hydroxylation is 2. The van der Waals surface area contributed by atoms with Gasteiger partial charge >= 0.3 is 0 Å². The van der Waals surface area contributed by atoms with Gasteiger partial charge in [-0.25, -0.2) is 0 Å². The van der Waals surface area contributed by atoms with Crippen LogP contribution >= 0.6 is 0 Å². The second kappa shape index (κ2) is 12.8. The molecule has 1 saturated heterocycles. The predicted octanol–water partition coefficient (Wildman–Crippen LogP) is 4.33. The Balaban J connectivity index is 1.10. The van der Waals surface area contributed by atoms with E-state index in [0.29, 0.717) is 13.2 Å². The van der Waals surface area contributed by atoms with E-state index in [1.807, 2.05) is 0 Å². The second-order valence-electron chi connectivity index (χ2n) is 10.1. The summed E-state index contributed by atoms with van der Waals surface area (Å²) in [6, 6.07) is 29.2. The van der Waals surface area contributed by atoms with E-state index in [1.54, 1.807) is 0 Å². The van der Waals surface area contributed by atoms with E-state index < -0.39 is 30.6 Å². The fraction of sp³-hybridized carbons (Fsp3) is 0.375. The summed E-state index contributed by atoms with van der Waals surface area (Å²) in [6.07, 6.45) is 0.684. The molecule has 0 aliphatic carbocycles. The normalized spacial score (nSPS) is 23.7. The van der Waals surface area contributed by atoms with Gasteiger partial charge in [-0.2, -0.15) is 0 Å². The van der Waals surface area contributed by atoms with Crippen molar-refractivity contribution in [2.24, 2.45) is 11.5 Å². The highest BCUT2D eigenvalue weighted by Crippen LogP contribution is 2.24. The lowest BCUT2D eigenvalue weighted by molar-refractivity contribution is -0.264. The lowest BCUT2D eigenvalue weighted by Gasteiger charge is -2.42. The molecule has 0 spiro atoms. The second-order valence-corrected chi connectivity index (χ2v) is 10.1. The summed E-state index contributed by atoms with van der Waals surface area (Å²) in [5.41, 5.74) is 14.9. The van der Waals surface area contributed by atoms with Crippen molar-refractivity contribution >= 4 is 21.5 Å². The minimum atomic E-state index is -0.895. The van der Waals surface area contributed by atoms with Crippen LogP contribution in [-0.4, -0.2) is 55.5 Å². The third kappa shape index (κ3) is 6.41. The Morgan fingerprint density at radius 3 is 1.79 bits per heavy atom. The molecule has 1 heterocycles. The Bertz CT molecular complexity index is 1330. The van der Waals surface area contributed by atoms with Crippen LogP contribution in [0, 0.1) is 0 Å². The molecule has 4 aromatic carbocycles. The summed E-state index contributed by atoms with van der Waals surface area (Å²) in [5.74, 6) is 0. The van der Waals surface area contributed by atoms with Crippen LogP contribution in [0.25, 0.3) is 21.5 Å². The molecule has 6 heteroatoms. The van der Waals surface area contributed by atoms with E-state index >= 15 is 0 Å². The Morgan fingerprint density at radius 2 is 1.24 bits per heavy atom. The quantitative estimate of drug-likeness (QED) is 0.258. The maximum atomic E-state index is 10.8. The number of nitrogens with two attached hydrogens (primary N) is 2. The van der Waals surface area contributed by atoms with Crippen molar-refractivity contribution in [3.05, 3.63) is 96.1 Å². The van der Waals surface area contributed by atoms with Crippen molar-refractivity contribution in [1.82, 2.24) is 0 Å². The smallest absolute Gasteiger partial charge is 0.175 e. The fourth-order valence-corrected chi connectivity index (χ4v) is 5.25. The number of hydrogen-bond donors (Lipinski definition) is 3. The van der Waals surface area contributed by atoms with Crippen molar-refractivity contribution < 1.29 is 19.3 Å². The van der Waals surface area contributed by atoms with E-state index in [0.717, 1.165) is 25.7 Å². The van der Waals surface area contributed by atoms with Gasteiger partial charge in [-0.1, -0.05) is 84.9 Å². The van der Waals surface area contributed by atoms with Gasteiger partial charge in [0.25, 0.3) is 0 Å². The van der Waals surface area contributed by atoms with Crippen LogP contribution in [0.5, 0.6) is 0 Å². The van der Waals surface area contributed by atoms with Crippen LogP contribution in [0.2, 0.25) is 0 Å². The molecule has 0 aromatic heterocycles. The van der Waals surface area contributed by atoms with Gasteiger partial charge in [0.2, 0.25) is 0 Å². The number of rotatable bonds is 11. The number of fused-ring (bicyclic) bond motifs is 2. The summed E-state index contributed by atoms with van der Waals surface area (Å²) in [7, 11) is 0. The number of benzene rings is 4. The molecule has 1 aliphatic heterocycles. The number of aliphatic hydroxyl groups excluding tert-OH is 1. The van der Waals surface area contributed by atoms with Crippen molar-refractivity contribution in [3.63, 3.8) is 0 Å². The molecular formula is C32H38N2O4. The molecule has 1 aliphatic rings. The summed E-state index contributed by atoms with van der Waals surface area (Å²) in [6.45, 7) is 1.14. The van der Waals surface area contributed by atoms with E-state index in [9.17, 15) is 5.11 Å². The van der Waals surface area contributed by atoms with Crippen LogP contribution in [0.3, 0.4) is 0 Å². The fourth-order valence-electron chi connectivity index (χ4n) is 5.25. The number of ether oxygens (including phenoxy) is 3. The summed E-state index contributed by atoms with van der Waals surface area (Å²) in [5, 5.41) is 15.7. The standard InChI is InChI=1S/C32H38N2O4/c33-21-28-30(35)31(36-17-5-7-22-13-15-24-9-1-3-11-26(24)19-22)29(34)32(38-28)37-18-6-8-23-14-16-25-10-2-4-12-27(25)20-23/h1-4,9-16,19-20,28-32,35H,5-8,17-18,21,33-34H2. The summed E-state index contributed by atoms with van der Waals surface area (Å²) >= 11 is 0. The van der Waals surface area contributed by atoms with Gasteiger partial charge in [0, 0.05) is 13.2 Å². The first-order valence-electron chi connectivity index (χ1n) is 13.6. The molecule has 1 fully saturated rings. The SMILES string of the molecule is NCC1OC(OCCCc2ccc3ccccc3c2)C(N)C(OCCCc2ccc3ccccc3c2)C1O. The Morgan fingerprint density at radius 1 is 0.711 bits per heavy atom. The molecular weight excluding hydrogens is 476 g/mol. The highest BCUT2D eigenvalue weighted by atomic mass is 16.7. The molecule has 5 rings (SSSR count). The van der Waals surface area contributed by atoms with Gasteiger partial charge in [-0.15, -0.1) is 0 Å². The number of hydrogen-bond acceptors (Lipinski definition) is 6. The molecule has 0 radical (unpaired) electrons. The molecule has 0 saturated carbocycles. The first-order valence-corrected chi connectivity index (χ1v) is 13.6. The monoisotopic (exact) mass is 514 g/mol. The molecule has 38 heavy (non-hydrogen) atoms. The van der Waals surface area contributed by atoms with Crippen LogP contribution < -0.4 is 11.5 Å². The molecule has 4 aromatic rings. The Labute approximate surface area is 224 Å². The first-order chi connectivity index (χ1) is 18.6. The van der Waals surface area contributed by atoms with Crippen molar-refractivity contribution in [1.29, 1.82) is 0 Å². The lowest BCUT2D eigenvalue weighted by atomic mass is 9.97. The molecule has 200 valence electrons. The van der Waals surface area contributed by atoms with Gasteiger partial charge in [0.1, 0.15) is 18.3 Å². The highest BCUT2D eigenvalue weighted by molar-refractivity contribution is 5.83. The van der Waals surface area contributed by atoms with Crippen molar-refractivity contribution in [2.45, 2.75) is 56.3 Å². The van der Waals surface area contributed by atoms with Crippen LogP contribution in [0.4, 0.5) is 0 Å². The Kier molecular flexibility index (Phi) is 9.02. The topological polar surface area (TPSA) is 100.0 Å². The highest BCUT2D eigenvalue weighted by Gasteiger charge is 2.44. The van der Waals surface area contributed by atoms with E-state index in [2.05, 4.69) is 84.9 Å².